The van der Waals surface area contributed by atoms with E-state index in [0.29, 0.717) is 17.4 Å². The van der Waals surface area contributed by atoms with Crippen molar-refractivity contribution in [1.29, 1.82) is 0 Å². The van der Waals surface area contributed by atoms with E-state index in [0.717, 1.165) is 38.5 Å². The van der Waals surface area contributed by atoms with E-state index < -0.39 is 20.0 Å². The number of amides is 1. The van der Waals surface area contributed by atoms with Gasteiger partial charge < -0.3 is 28.8 Å². The molecule has 0 bridgehead atoms. The van der Waals surface area contributed by atoms with Gasteiger partial charge in [-0.1, -0.05) is 212 Å². The second-order valence-electron chi connectivity index (χ2n) is 17.8. The minimum absolute atomic E-state index is 0.00422. The summed E-state index contributed by atoms with van der Waals surface area (Å²) >= 11 is 0. The Hall–Kier alpha value is -1.02. The lowest BCUT2D eigenvalue weighted by Crippen LogP contribution is -2.45. The third-order valence-corrected chi connectivity index (χ3v) is 11.9. The van der Waals surface area contributed by atoms with Crippen LogP contribution in [0, 0.1) is 0 Å². The summed E-state index contributed by atoms with van der Waals surface area (Å²) in [6.45, 7) is 4.63. The SMILES string of the molecule is CCCCCCCCC/C=C/CC/C=C/C(O)C(COP(=O)([O-])OCC[N+](C)(C)C)NC(=O)CCCCCCCCCCCCCCCCCCCCCCCC. The number of rotatable bonds is 44. The van der Waals surface area contributed by atoms with Crippen molar-refractivity contribution in [3.63, 3.8) is 0 Å². The topological polar surface area (TPSA) is 108 Å². The number of quaternary nitrogens is 1. The molecule has 1 amide bonds. The normalized spacial score (nSPS) is 14.4. The van der Waals surface area contributed by atoms with Gasteiger partial charge in [0.15, 0.2) is 0 Å². The van der Waals surface area contributed by atoms with Crippen LogP contribution in [-0.2, 0) is 18.4 Å². The molecule has 3 atom stereocenters. The molecule has 8 nitrogen and oxygen atoms in total. The van der Waals surface area contributed by atoms with Gasteiger partial charge in [-0.15, -0.1) is 0 Å². The summed E-state index contributed by atoms with van der Waals surface area (Å²) in [6.07, 6.45) is 48.1. The third kappa shape index (κ3) is 42.9. The summed E-state index contributed by atoms with van der Waals surface area (Å²) < 4.78 is 23.2. The lowest BCUT2D eigenvalue weighted by molar-refractivity contribution is -0.870. The summed E-state index contributed by atoms with van der Waals surface area (Å²) in [5.41, 5.74) is 0. The Morgan fingerprint density at radius 1 is 0.596 bits per heavy atom. The third-order valence-electron chi connectivity index (χ3n) is 10.9. The van der Waals surface area contributed by atoms with Gasteiger partial charge in [-0.3, -0.25) is 9.36 Å². The molecular weight excluding hydrogens is 732 g/mol. The van der Waals surface area contributed by atoms with Crippen LogP contribution in [0.5, 0.6) is 0 Å². The lowest BCUT2D eigenvalue weighted by Gasteiger charge is -2.29. The van der Waals surface area contributed by atoms with Crippen molar-refractivity contribution in [3.8, 4) is 0 Å². The number of unbranched alkanes of at least 4 members (excludes halogenated alkanes) is 29. The highest BCUT2D eigenvalue weighted by atomic mass is 31.2. The zero-order valence-electron chi connectivity index (χ0n) is 38.3. The Morgan fingerprint density at radius 2 is 0.982 bits per heavy atom. The average molecular weight is 827 g/mol. The van der Waals surface area contributed by atoms with Gasteiger partial charge in [0.05, 0.1) is 39.9 Å². The number of nitrogens with zero attached hydrogens (tertiary/aromatic N) is 1. The van der Waals surface area contributed by atoms with E-state index >= 15 is 0 Å². The van der Waals surface area contributed by atoms with E-state index in [1.807, 2.05) is 27.2 Å². The molecule has 3 unspecified atom stereocenters. The van der Waals surface area contributed by atoms with Gasteiger partial charge in [0.2, 0.25) is 5.91 Å². The number of phosphoric acid groups is 1. The molecule has 0 spiro atoms. The highest BCUT2D eigenvalue weighted by Crippen LogP contribution is 2.38. The second kappa shape index (κ2) is 40.4. The Kier molecular flexibility index (Phi) is 39.7. The summed E-state index contributed by atoms with van der Waals surface area (Å²) in [6, 6.07) is -0.898. The van der Waals surface area contributed by atoms with Crippen molar-refractivity contribution in [2.45, 2.75) is 238 Å². The predicted octanol–water partition coefficient (Wildman–Crippen LogP) is 13.1. The smallest absolute Gasteiger partial charge is 0.268 e. The number of nitrogens with one attached hydrogen (secondary N) is 1. The Labute approximate surface area is 354 Å². The molecule has 0 heterocycles. The van der Waals surface area contributed by atoms with Gasteiger partial charge in [0.25, 0.3) is 7.82 Å². The van der Waals surface area contributed by atoms with Crippen LogP contribution in [0.3, 0.4) is 0 Å². The van der Waals surface area contributed by atoms with Crippen molar-refractivity contribution < 1.29 is 32.9 Å². The van der Waals surface area contributed by atoms with Crippen molar-refractivity contribution in [1.82, 2.24) is 5.32 Å². The molecule has 0 saturated carbocycles. The van der Waals surface area contributed by atoms with E-state index in [1.54, 1.807) is 6.08 Å². The molecule has 0 aliphatic rings. The fourth-order valence-corrected chi connectivity index (χ4v) is 7.77. The van der Waals surface area contributed by atoms with Gasteiger partial charge in [0.1, 0.15) is 13.2 Å². The molecule has 0 aromatic heterocycles. The molecule has 0 aliphatic heterocycles. The number of allylic oxidation sites excluding steroid dienone is 3. The maximum atomic E-state index is 12.9. The van der Waals surface area contributed by atoms with E-state index in [4.69, 9.17) is 9.05 Å². The van der Waals surface area contributed by atoms with E-state index in [1.165, 1.54) is 167 Å². The van der Waals surface area contributed by atoms with E-state index in [-0.39, 0.29) is 19.1 Å². The first-order valence-electron chi connectivity index (χ1n) is 24.2. The first kappa shape index (κ1) is 56.0. The molecule has 0 fully saturated rings. The number of carbonyl (C=O) groups excluding carboxylic acids is 1. The Balaban J connectivity index is 4.27. The standard InChI is InChI=1S/C48H95N2O6P/c1-6-8-10-12-14-16-18-20-21-22-23-24-25-26-27-28-30-32-34-36-38-40-42-48(52)49-46(45-56-57(53,54)55-44-43-50(3,4)5)47(51)41-39-37-35-33-31-29-19-17-15-13-11-9-7-2/h31,33,39,41,46-47,51H,6-30,32,34-38,40,42-45H2,1-5H3,(H-,49,52,53,54)/b33-31+,41-39+. The first-order chi connectivity index (χ1) is 27.5. The molecule has 0 aromatic rings. The van der Waals surface area contributed by atoms with Crippen molar-refractivity contribution in [3.05, 3.63) is 24.3 Å². The number of carbonyl (C=O) groups is 1. The summed E-state index contributed by atoms with van der Waals surface area (Å²) in [7, 11) is 1.25. The number of aliphatic hydroxyl groups is 1. The van der Waals surface area contributed by atoms with Crippen molar-refractivity contribution in [2.24, 2.45) is 0 Å². The summed E-state index contributed by atoms with van der Waals surface area (Å²) in [4.78, 5) is 25.3. The van der Waals surface area contributed by atoms with Gasteiger partial charge >= 0.3 is 0 Å². The first-order valence-corrected chi connectivity index (χ1v) is 25.7. The van der Waals surface area contributed by atoms with Crippen LogP contribution in [0.15, 0.2) is 24.3 Å². The monoisotopic (exact) mass is 827 g/mol. The number of likely N-dealkylation sites (N-methyl/N-ethyl adjacent to an activating group) is 1. The van der Waals surface area contributed by atoms with Crippen molar-refractivity contribution in [2.75, 3.05) is 40.9 Å². The van der Waals surface area contributed by atoms with Gasteiger partial charge in [-0.2, -0.15) is 0 Å². The van der Waals surface area contributed by atoms with Crippen LogP contribution in [-0.4, -0.2) is 68.5 Å². The maximum absolute atomic E-state index is 12.9. The fraction of sp³-hybridized carbons (Fsp3) is 0.896. The van der Waals surface area contributed by atoms with Crippen LogP contribution in [0.2, 0.25) is 0 Å². The molecule has 0 saturated heterocycles. The number of hydrogen-bond acceptors (Lipinski definition) is 6. The zero-order chi connectivity index (χ0) is 42.1. The number of phosphoric ester groups is 1. The Bertz CT molecular complexity index is 984. The number of aliphatic hydroxyl groups excluding tert-OH is 1. The molecule has 57 heavy (non-hydrogen) atoms. The fourth-order valence-electron chi connectivity index (χ4n) is 7.05. The Morgan fingerprint density at radius 3 is 1.42 bits per heavy atom. The van der Waals surface area contributed by atoms with Gasteiger partial charge in [-0.25, -0.2) is 0 Å². The van der Waals surface area contributed by atoms with E-state index in [9.17, 15) is 19.4 Å². The molecular formula is C48H95N2O6P. The van der Waals surface area contributed by atoms with Crippen LogP contribution >= 0.6 is 7.82 Å². The molecule has 338 valence electrons. The molecule has 0 aliphatic carbocycles. The van der Waals surface area contributed by atoms with Gasteiger partial charge in [0, 0.05) is 6.42 Å². The number of hydrogen-bond donors (Lipinski definition) is 2. The molecule has 2 N–H and O–H groups in total. The summed E-state index contributed by atoms with van der Waals surface area (Å²) in [5.74, 6) is -0.204. The largest absolute Gasteiger partial charge is 0.756 e. The van der Waals surface area contributed by atoms with Crippen LogP contribution in [0.4, 0.5) is 0 Å². The highest BCUT2D eigenvalue weighted by Gasteiger charge is 2.23. The quantitative estimate of drug-likeness (QED) is 0.0274. The average Bonchev–Trinajstić information content (AvgIpc) is 3.16. The van der Waals surface area contributed by atoms with Crippen LogP contribution in [0.1, 0.15) is 226 Å². The van der Waals surface area contributed by atoms with E-state index in [2.05, 4.69) is 31.3 Å². The minimum Gasteiger partial charge on any atom is -0.756 e. The summed E-state index contributed by atoms with van der Waals surface area (Å²) in [5, 5.41) is 13.8. The van der Waals surface area contributed by atoms with Crippen molar-refractivity contribution >= 4 is 13.7 Å². The molecule has 0 radical (unpaired) electrons. The zero-order valence-corrected chi connectivity index (χ0v) is 39.2. The molecule has 9 heteroatoms. The van der Waals surface area contributed by atoms with Crippen LogP contribution in [0.25, 0.3) is 0 Å². The maximum Gasteiger partial charge on any atom is 0.268 e. The highest BCUT2D eigenvalue weighted by molar-refractivity contribution is 7.45. The second-order valence-corrected chi connectivity index (χ2v) is 19.2. The molecule has 0 aromatic carbocycles. The molecule has 0 rings (SSSR count). The van der Waals surface area contributed by atoms with Gasteiger partial charge in [-0.05, 0) is 32.1 Å². The lowest BCUT2D eigenvalue weighted by atomic mass is 10.0. The van der Waals surface area contributed by atoms with Crippen LogP contribution < -0.4 is 10.2 Å². The minimum atomic E-state index is -4.59. The predicted molar refractivity (Wildman–Crippen MR) is 242 cm³/mol.